The average Bonchev–Trinajstić information content (AvgIpc) is 2.41. The highest BCUT2D eigenvalue weighted by Gasteiger charge is 2.12. The minimum Gasteiger partial charge on any atom is -0.478 e. The molecule has 1 aromatic heterocycles. The van der Waals surface area contributed by atoms with Crippen molar-refractivity contribution in [1.82, 2.24) is 10.3 Å². The number of carbonyl (C=O) groups is 2. The Morgan fingerprint density at radius 3 is 2.67 bits per heavy atom. The average molecular weight is 294 g/mol. The standard InChI is InChI=1S/C15H22N2O4/c1-10(2)9-21-8-4-7-16-14(18)13-6-5-12(15(19)20)11(3)17-13/h5-6,10H,4,7-9H2,1-3H3,(H,16,18)(H,19,20). The van der Waals surface area contributed by atoms with Crippen LogP contribution in [0.2, 0.25) is 0 Å². The molecule has 0 saturated carbocycles. The lowest BCUT2D eigenvalue weighted by Crippen LogP contribution is -2.26. The van der Waals surface area contributed by atoms with Crippen LogP contribution in [0.3, 0.4) is 0 Å². The van der Waals surface area contributed by atoms with Gasteiger partial charge in [0.2, 0.25) is 0 Å². The number of pyridine rings is 1. The van der Waals surface area contributed by atoms with Gasteiger partial charge in [-0.15, -0.1) is 0 Å². The minimum absolute atomic E-state index is 0.105. The lowest BCUT2D eigenvalue weighted by atomic mass is 10.2. The van der Waals surface area contributed by atoms with Gasteiger partial charge in [0.15, 0.2) is 0 Å². The van der Waals surface area contributed by atoms with E-state index in [4.69, 9.17) is 9.84 Å². The zero-order valence-corrected chi connectivity index (χ0v) is 12.7. The Labute approximate surface area is 124 Å². The maximum Gasteiger partial charge on any atom is 0.337 e. The van der Waals surface area contributed by atoms with E-state index in [1.807, 2.05) is 0 Å². The Kier molecular flexibility index (Phi) is 6.81. The van der Waals surface area contributed by atoms with Crippen LogP contribution in [0.4, 0.5) is 0 Å². The van der Waals surface area contributed by atoms with Gasteiger partial charge in [-0.3, -0.25) is 4.79 Å². The highest BCUT2D eigenvalue weighted by atomic mass is 16.5. The van der Waals surface area contributed by atoms with Gasteiger partial charge in [-0.1, -0.05) is 13.8 Å². The fourth-order valence-electron chi connectivity index (χ4n) is 1.70. The zero-order valence-electron chi connectivity index (χ0n) is 12.7. The van der Waals surface area contributed by atoms with Gasteiger partial charge in [0.1, 0.15) is 5.69 Å². The third-order valence-corrected chi connectivity index (χ3v) is 2.75. The molecule has 0 aromatic carbocycles. The molecule has 1 rings (SSSR count). The van der Waals surface area contributed by atoms with Crippen molar-refractivity contribution < 1.29 is 19.4 Å². The molecule has 6 nitrogen and oxygen atoms in total. The number of ether oxygens (including phenoxy) is 1. The molecule has 0 aliphatic heterocycles. The summed E-state index contributed by atoms with van der Waals surface area (Å²) in [6, 6.07) is 2.81. The number of nitrogens with one attached hydrogen (secondary N) is 1. The van der Waals surface area contributed by atoms with Crippen LogP contribution < -0.4 is 5.32 Å². The Hall–Kier alpha value is -1.95. The van der Waals surface area contributed by atoms with Crippen LogP contribution in [-0.4, -0.2) is 41.7 Å². The van der Waals surface area contributed by atoms with Crippen LogP contribution in [0.15, 0.2) is 12.1 Å². The number of carboxylic acids is 1. The van der Waals surface area contributed by atoms with Gasteiger partial charge in [0.05, 0.1) is 11.3 Å². The second-order valence-electron chi connectivity index (χ2n) is 5.21. The smallest absolute Gasteiger partial charge is 0.337 e. The molecule has 0 atom stereocenters. The number of nitrogens with zero attached hydrogens (tertiary/aromatic N) is 1. The first-order chi connectivity index (χ1) is 9.91. The molecule has 1 aromatic rings. The van der Waals surface area contributed by atoms with Crippen LogP contribution in [-0.2, 0) is 4.74 Å². The zero-order chi connectivity index (χ0) is 15.8. The van der Waals surface area contributed by atoms with E-state index in [0.29, 0.717) is 31.4 Å². The number of aromatic carboxylic acids is 1. The predicted octanol–water partition coefficient (Wildman–Crippen LogP) is 1.88. The maximum absolute atomic E-state index is 11.9. The number of aryl methyl sites for hydroxylation is 1. The minimum atomic E-state index is -1.05. The van der Waals surface area contributed by atoms with Crippen LogP contribution in [0.25, 0.3) is 0 Å². The molecule has 0 bridgehead atoms. The number of carboxylic acid groups (broad SMARTS) is 1. The molecule has 0 saturated heterocycles. The number of amides is 1. The van der Waals surface area contributed by atoms with Gasteiger partial charge in [-0.05, 0) is 31.4 Å². The monoisotopic (exact) mass is 294 g/mol. The van der Waals surface area contributed by atoms with Crippen molar-refractivity contribution in [1.29, 1.82) is 0 Å². The molecule has 0 aliphatic carbocycles. The predicted molar refractivity (Wildman–Crippen MR) is 78.5 cm³/mol. The van der Waals surface area contributed by atoms with Gasteiger partial charge in [0, 0.05) is 19.8 Å². The molecule has 1 heterocycles. The van der Waals surface area contributed by atoms with Crippen molar-refractivity contribution in [2.24, 2.45) is 5.92 Å². The van der Waals surface area contributed by atoms with Crippen LogP contribution in [0, 0.1) is 12.8 Å². The highest BCUT2D eigenvalue weighted by Crippen LogP contribution is 2.07. The molecular formula is C15H22N2O4. The molecule has 0 aliphatic rings. The molecule has 2 N–H and O–H groups in total. The summed E-state index contributed by atoms with van der Waals surface area (Å²) in [6.45, 7) is 7.54. The summed E-state index contributed by atoms with van der Waals surface area (Å²) in [5, 5.41) is 11.6. The summed E-state index contributed by atoms with van der Waals surface area (Å²) < 4.78 is 5.41. The molecule has 0 unspecified atom stereocenters. The summed E-state index contributed by atoms with van der Waals surface area (Å²) in [4.78, 5) is 26.7. The van der Waals surface area contributed by atoms with E-state index in [2.05, 4.69) is 24.1 Å². The Bertz CT molecular complexity index is 500. The van der Waals surface area contributed by atoms with E-state index >= 15 is 0 Å². The van der Waals surface area contributed by atoms with Crippen molar-refractivity contribution >= 4 is 11.9 Å². The second-order valence-corrected chi connectivity index (χ2v) is 5.21. The normalized spacial score (nSPS) is 10.7. The molecule has 0 radical (unpaired) electrons. The summed E-state index contributed by atoms with van der Waals surface area (Å²) in [5.41, 5.74) is 0.657. The topological polar surface area (TPSA) is 88.5 Å². The molecular weight excluding hydrogens is 272 g/mol. The van der Waals surface area contributed by atoms with Crippen molar-refractivity contribution in [2.75, 3.05) is 19.8 Å². The van der Waals surface area contributed by atoms with Crippen LogP contribution in [0.5, 0.6) is 0 Å². The van der Waals surface area contributed by atoms with Gasteiger partial charge in [0.25, 0.3) is 5.91 Å². The molecule has 0 spiro atoms. The summed E-state index contributed by atoms with van der Waals surface area (Å²) in [5.74, 6) is -0.854. The van der Waals surface area contributed by atoms with E-state index in [9.17, 15) is 9.59 Å². The molecule has 0 fully saturated rings. The first-order valence-corrected chi connectivity index (χ1v) is 6.98. The first kappa shape index (κ1) is 17.1. The fourth-order valence-corrected chi connectivity index (χ4v) is 1.70. The lowest BCUT2D eigenvalue weighted by molar-refractivity contribution is 0.0694. The summed E-state index contributed by atoms with van der Waals surface area (Å²) in [7, 11) is 0. The first-order valence-electron chi connectivity index (χ1n) is 6.98. The van der Waals surface area contributed by atoms with Crippen LogP contribution >= 0.6 is 0 Å². The number of hydrogen-bond acceptors (Lipinski definition) is 4. The van der Waals surface area contributed by atoms with E-state index in [0.717, 1.165) is 6.42 Å². The molecule has 6 heteroatoms. The summed E-state index contributed by atoms with van der Waals surface area (Å²) in [6.07, 6.45) is 0.727. The Morgan fingerprint density at radius 1 is 1.38 bits per heavy atom. The second kappa shape index (κ2) is 8.36. The number of carbonyl (C=O) groups excluding carboxylic acids is 1. The summed E-state index contributed by atoms with van der Waals surface area (Å²) >= 11 is 0. The van der Waals surface area contributed by atoms with Gasteiger partial charge in [-0.25, -0.2) is 9.78 Å². The number of rotatable bonds is 8. The van der Waals surface area contributed by atoms with Crippen LogP contribution in [0.1, 0.15) is 46.8 Å². The van der Waals surface area contributed by atoms with Crippen molar-refractivity contribution in [3.63, 3.8) is 0 Å². The quantitative estimate of drug-likeness (QED) is 0.715. The van der Waals surface area contributed by atoms with E-state index in [-0.39, 0.29) is 17.2 Å². The van der Waals surface area contributed by atoms with E-state index in [1.165, 1.54) is 12.1 Å². The van der Waals surface area contributed by atoms with Gasteiger partial charge < -0.3 is 15.2 Å². The molecule has 1 amide bonds. The largest absolute Gasteiger partial charge is 0.478 e. The Balaban J connectivity index is 2.39. The van der Waals surface area contributed by atoms with E-state index in [1.54, 1.807) is 6.92 Å². The fraction of sp³-hybridized carbons (Fsp3) is 0.533. The molecule has 116 valence electrons. The SMILES string of the molecule is Cc1nc(C(=O)NCCCOCC(C)C)ccc1C(=O)O. The highest BCUT2D eigenvalue weighted by molar-refractivity contribution is 5.94. The van der Waals surface area contributed by atoms with Gasteiger partial charge >= 0.3 is 5.97 Å². The van der Waals surface area contributed by atoms with Crippen molar-refractivity contribution in [3.05, 3.63) is 29.1 Å². The van der Waals surface area contributed by atoms with Crippen molar-refractivity contribution in [2.45, 2.75) is 27.2 Å². The van der Waals surface area contributed by atoms with Crippen molar-refractivity contribution in [3.8, 4) is 0 Å². The van der Waals surface area contributed by atoms with E-state index < -0.39 is 5.97 Å². The lowest BCUT2D eigenvalue weighted by Gasteiger charge is -2.08. The third-order valence-electron chi connectivity index (χ3n) is 2.75. The van der Waals surface area contributed by atoms with Gasteiger partial charge in [-0.2, -0.15) is 0 Å². The number of aromatic nitrogens is 1. The molecule has 21 heavy (non-hydrogen) atoms. The Morgan fingerprint density at radius 2 is 2.10 bits per heavy atom. The third kappa shape index (κ3) is 5.91. The number of hydrogen-bond donors (Lipinski definition) is 2. The maximum atomic E-state index is 11.9.